The summed E-state index contributed by atoms with van der Waals surface area (Å²) in [7, 11) is 0. The first kappa shape index (κ1) is 13.8. The fraction of sp³-hybridized carbons (Fsp3) is 0.438. The first-order valence-corrected chi connectivity index (χ1v) is 7.54. The lowest BCUT2D eigenvalue weighted by Crippen LogP contribution is -2.34. The molecule has 2 heterocycles. The molecule has 2 aromatic rings. The Morgan fingerprint density at radius 2 is 1.95 bits per heavy atom. The Balaban J connectivity index is 1.63. The van der Waals surface area contributed by atoms with E-state index >= 15 is 0 Å². The van der Waals surface area contributed by atoms with Gasteiger partial charge >= 0.3 is 0 Å². The van der Waals surface area contributed by atoms with Crippen LogP contribution in [0.4, 0.5) is 11.8 Å². The van der Waals surface area contributed by atoms with Crippen molar-refractivity contribution in [2.75, 3.05) is 23.3 Å². The molecule has 1 aromatic carbocycles. The van der Waals surface area contributed by atoms with E-state index in [0.717, 1.165) is 37.3 Å². The van der Waals surface area contributed by atoms with Crippen LogP contribution in [0.1, 0.15) is 25.3 Å². The van der Waals surface area contributed by atoms with Crippen LogP contribution in [0, 0.1) is 5.92 Å². The maximum atomic E-state index is 4.58. The molecule has 3 rings (SSSR count). The summed E-state index contributed by atoms with van der Waals surface area (Å²) < 4.78 is 0. The molecule has 1 aliphatic heterocycles. The topological polar surface area (TPSA) is 53.9 Å². The summed E-state index contributed by atoms with van der Waals surface area (Å²) in [6.07, 6.45) is 4.08. The third-order valence-corrected chi connectivity index (χ3v) is 3.93. The number of nitrogens with one attached hydrogen (secondary N) is 1. The molecule has 0 bridgehead atoms. The number of anilines is 2. The molecule has 1 fully saturated rings. The van der Waals surface area contributed by atoms with Gasteiger partial charge in [0, 0.05) is 19.6 Å². The van der Waals surface area contributed by atoms with Crippen molar-refractivity contribution in [2.45, 2.75) is 26.3 Å². The Hall–Kier alpha value is -2.17. The van der Waals surface area contributed by atoms with E-state index < -0.39 is 0 Å². The molecule has 1 saturated heterocycles. The van der Waals surface area contributed by atoms with E-state index in [4.69, 9.17) is 0 Å². The molecule has 5 nitrogen and oxygen atoms in total. The van der Waals surface area contributed by atoms with E-state index in [9.17, 15) is 0 Å². The minimum Gasteiger partial charge on any atom is -0.365 e. The molecule has 5 heteroatoms. The number of rotatable bonds is 4. The van der Waals surface area contributed by atoms with Gasteiger partial charge in [-0.05, 0) is 24.3 Å². The van der Waals surface area contributed by atoms with Crippen LogP contribution in [0.15, 0.2) is 36.5 Å². The normalized spacial score (nSPS) is 16.0. The maximum Gasteiger partial charge on any atom is 0.247 e. The van der Waals surface area contributed by atoms with Crippen LogP contribution >= 0.6 is 0 Å². The fourth-order valence-electron chi connectivity index (χ4n) is 2.51. The Bertz CT molecular complexity index is 564. The van der Waals surface area contributed by atoms with Gasteiger partial charge in [-0.2, -0.15) is 10.1 Å². The van der Waals surface area contributed by atoms with Crippen molar-refractivity contribution in [3.63, 3.8) is 0 Å². The summed E-state index contributed by atoms with van der Waals surface area (Å²) in [5.74, 6) is 2.32. The standard InChI is InChI=1S/C16H21N5/c1-13-7-9-21(10-8-13)16-19-15(12-18-20-16)17-11-14-5-3-2-4-6-14/h2-6,12-13H,7-11H2,1H3,(H,17,19,20). The smallest absolute Gasteiger partial charge is 0.247 e. The summed E-state index contributed by atoms with van der Waals surface area (Å²) in [4.78, 5) is 6.80. The van der Waals surface area contributed by atoms with Crippen LogP contribution in [-0.2, 0) is 6.54 Å². The summed E-state index contributed by atoms with van der Waals surface area (Å²) >= 11 is 0. The lowest BCUT2D eigenvalue weighted by atomic mass is 10.00. The summed E-state index contributed by atoms with van der Waals surface area (Å²) in [6, 6.07) is 10.3. The van der Waals surface area contributed by atoms with Crippen LogP contribution in [0.5, 0.6) is 0 Å². The highest BCUT2D eigenvalue weighted by molar-refractivity contribution is 5.39. The van der Waals surface area contributed by atoms with Crippen LogP contribution < -0.4 is 10.2 Å². The minimum atomic E-state index is 0.736. The molecule has 0 spiro atoms. The van der Waals surface area contributed by atoms with Crippen LogP contribution in [0.25, 0.3) is 0 Å². The van der Waals surface area contributed by atoms with E-state index in [1.165, 1.54) is 18.4 Å². The van der Waals surface area contributed by atoms with Crippen molar-refractivity contribution >= 4 is 11.8 Å². The summed E-state index contributed by atoms with van der Waals surface area (Å²) in [5, 5.41) is 11.6. The zero-order chi connectivity index (χ0) is 14.5. The first-order chi connectivity index (χ1) is 10.3. The zero-order valence-corrected chi connectivity index (χ0v) is 12.4. The van der Waals surface area contributed by atoms with Gasteiger partial charge in [0.05, 0.1) is 6.20 Å². The maximum absolute atomic E-state index is 4.58. The third kappa shape index (κ3) is 3.68. The van der Waals surface area contributed by atoms with Crippen molar-refractivity contribution in [1.82, 2.24) is 15.2 Å². The molecule has 0 amide bonds. The molecular weight excluding hydrogens is 262 g/mol. The van der Waals surface area contributed by atoms with Gasteiger partial charge < -0.3 is 10.2 Å². The lowest BCUT2D eigenvalue weighted by Gasteiger charge is -2.29. The minimum absolute atomic E-state index is 0.736. The van der Waals surface area contributed by atoms with Gasteiger partial charge in [-0.25, -0.2) is 0 Å². The number of piperidine rings is 1. The van der Waals surface area contributed by atoms with E-state index in [-0.39, 0.29) is 0 Å². The third-order valence-electron chi connectivity index (χ3n) is 3.93. The Kier molecular flexibility index (Phi) is 4.28. The van der Waals surface area contributed by atoms with Crippen molar-refractivity contribution in [3.8, 4) is 0 Å². The number of nitrogens with zero attached hydrogens (tertiary/aromatic N) is 4. The molecule has 1 N–H and O–H groups in total. The highest BCUT2D eigenvalue weighted by Crippen LogP contribution is 2.20. The molecular formula is C16H21N5. The summed E-state index contributed by atoms with van der Waals surface area (Å²) in [5.41, 5.74) is 1.23. The quantitative estimate of drug-likeness (QED) is 0.935. The van der Waals surface area contributed by atoms with Crippen molar-refractivity contribution < 1.29 is 0 Å². The van der Waals surface area contributed by atoms with Gasteiger partial charge in [0.25, 0.3) is 0 Å². The van der Waals surface area contributed by atoms with Crippen LogP contribution in [-0.4, -0.2) is 28.3 Å². The first-order valence-electron chi connectivity index (χ1n) is 7.54. The largest absolute Gasteiger partial charge is 0.365 e. The van der Waals surface area contributed by atoms with Gasteiger partial charge in [0.1, 0.15) is 0 Å². The number of benzene rings is 1. The Morgan fingerprint density at radius 1 is 1.19 bits per heavy atom. The second-order valence-electron chi connectivity index (χ2n) is 5.65. The lowest BCUT2D eigenvalue weighted by molar-refractivity contribution is 0.433. The highest BCUT2D eigenvalue weighted by Gasteiger charge is 2.18. The molecule has 1 aliphatic rings. The van der Waals surface area contributed by atoms with Crippen LogP contribution in [0.2, 0.25) is 0 Å². The van der Waals surface area contributed by atoms with E-state index in [2.05, 4.69) is 44.5 Å². The molecule has 0 saturated carbocycles. The van der Waals surface area contributed by atoms with Crippen molar-refractivity contribution in [1.29, 1.82) is 0 Å². The summed E-state index contributed by atoms with van der Waals surface area (Å²) in [6.45, 7) is 5.08. The second-order valence-corrected chi connectivity index (χ2v) is 5.65. The predicted molar refractivity (Wildman–Crippen MR) is 84.2 cm³/mol. The average molecular weight is 283 g/mol. The number of aromatic nitrogens is 3. The second kappa shape index (κ2) is 6.52. The molecule has 110 valence electrons. The number of hydrogen-bond acceptors (Lipinski definition) is 5. The molecule has 21 heavy (non-hydrogen) atoms. The van der Waals surface area contributed by atoms with E-state index in [0.29, 0.717) is 0 Å². The van der Waals surface area contributed by atoms with Gasteiger partial charge in [0.2, 0.25) is 5.95 Å². The van der Waals surface area contributed by atoms with Gasteiger partial charge in [0.15, 0.2) is 5.82 Å². The van der Waals surface area contributed by atoms with Crippen molar-refractivity contribution in [2.24, 2.45) is 5.92 Å². The Morgan fingerprint density at radius 3 is 2.71 bits per heavy atom. The van der Waals surface area contributed by atoms with Gasteiger partial charge in [-0.1, -0.05) is 37.3 Å². The monoisotopic (exact) mass is 283 g/mol. The van der Waals surface area contributed by atoms with Crippen molar-refractivity contribution in [3.05, 3.63) is 42.1 Å². The molecule has 1 aromatic heterocycles. The predicted octanol–water partition coefficient (Wildman–Crippen LogP) is 2.72. The van der Waals surface area contributed by atoms with Gasteiger partial charge in [-0.3, -0.25) is 0 Å². The molecule has 0 aliphatic carbocycles. The average Bonchev–Trinajstić information content (AvgIpc) is 2.55. The number of hydrogen-bond donors (Lipinski definition) is 1. The zero-order valence-electron chi connectivity index (χ0n) is 12.4. The SMILES string of the molecule is CC1CCN(c2nncc(NCc3ccccc3)n2)CC1. The van der Waals surface area contributed by atoms with E-state index in [1.807, 2.05) is 18.2 Å². The Labute approximate surface area is 125 Å². The molecule has 0 atom stereocenters. The van der Waals surface area contributed by atoms with E-state index in [1.54, 1.807) is 6.20 Å². The molecule has 0 unspecified atom stereocenters. The molecule has 0 radical (unpaired) electrons. The fourth-order valence-corrected chi connectivity index (χ4v) is 2.51. The van der Waals surface area contributed by atoms with Gasteiger partial charge in [-0.15, -0.1) is 5.10 Å². The van der Waals surface area contributed by atoms with Crippen LogP contribution in [0.3, 0.4) is 0 Å². The highest BCUT2D eigenvalue weighted by atomic mass is 15.3.